The molecule has 2 aromatic carbocycles. The van der Waals surface area contributed by atoms with Gasteiger partial charge < -0.3 is 15.2 Å². The molecule has 6 nitrogen and oxygen atoms in total. The van der Waals surface area contributed by atoms with Gasteiger partial charge >= 0.3 is 5.97 Å². The van der Waals surface area contributed by atoms with E-state index in [4.69, 9.17) is 16.3 Å². The van der Waals surface area contributed by atoms with E-state index in [-0.39, 0.29) is 27.8 Å². The smallest absolute Gasteiger partial charge is 0.336 e. The molecule has 0 bridgehead atoms. The van der Waals surface area contributed by atoms with Crippen molar-refractivity contribution in [3.8, 4) is 11.6 Å². The van der Waals surface area contributed by atoms with Crippen LogP contribution in [0.5, 0.6) is 11.6 Å². The van der Waals surface area contributed by atoms with E-state index < -0.39 is 29.6 Å². The first-order valence-corrected chi connectivity index (χ1v) is 9.05. The molecule has 0 aliphatic rings. The molecule has 2 N–H and O–H groups in total. The van der Waals surface area contributed by atoms with Gasteiger partial charge in [0.25, 0.3) is 5.91 Å². The minimum Gasteiger partial charge on any atom is -0.478 e. The van der Waals surface area contributed by atoms with Crippen molar-refractivity contribution in [1.29, 1.82) is 0 Å². The highest BCUT2D eigenvalue weighted by molar-refractivity contribution is 6.30. The van der Waals surface area contributed by atoms with Crippen molar-refractivity contribution in [2.45, 2.75) is 13.0 Å². The molecule has 1 amide bonds. The van der Waals surface area contributed by atoms with Crippen LogP contribution in [0.3, 0.4) is 0 Å². The third-order valence-electron chi connectivity index (χ3n) is 4.17. The molecule has 0 fully saturated rings. The molecule has 0 aliphatic heterocycles. The van der Waals surface area contributed by atoms with E-state index in [1.807, 2.05) is 0 Å². The second-order valence-electron chi connectivity index (χ2n) is 6.27. The molecule has 1 heterocycles. The molecule has 0 spiro atoms. The first-order valence-electron chi connectivity index (χ1n) is 8.67. The van der Waals surface area contributed by atoms with Crippen molar-refractivity contribution in [2.75, 3.05) is 0 Å². The van der Waals surface area contributed by atoms with Crippen molar-refractivity contribution >= 4 is 23.5 Å². The largest absolute Gasteiger partial charge is 0.478 e. The first-order chi connectivity index (χ1) is 14.3. The van der Waals surface area contributed by atoms with Gasteiger partial charge in [-0.15, -0.1) is 0 Å². The number of nitrogens with one attached hydrogen (secondary N) is 1. The summed E-state index contributed by atoms with van der Waals surface area (Å²) in [6, 6.07) is 9.52. The van der Waals surface area contributed by atoms with Crippen LogP contribution >= 0.6 is 11.6 Å². The zero-order valence-electron chi connectivity index (χ0n) is 15.5. The highest BCUT2D eigenvalue weighted by Crippen LogP contribution is 2.28. The van der Waals surface area contributed by atoms with Crippen molar-refractivity contribution in [1.82, 2.24) is 10.3 Å². The standard InChI is InChI=1S/C21H15ClF2N2O4/c1-11(14-4-2-3-5-15(14)21(28)29)26-19(27)16-8-12(22)10-25-20(16)30-18-7-6-13(23)9-17(18)24/h2-11H,1H3,(H,26,27)(H,28,29)/t11-/m0/s1. The lowest BCUT2D eigenvalue weighted by Gasteiger charge is -2.17. The maximum absolute atomic E-state index is 13.9. The van der Waals surface area contributed by atoms with Crippen LogP contribution < -0.4 is 10.1 Å². The van der Waals surface area contributed by atoms with E-state index in [2.05, 4.69) is 10.3 Å². The number of nitrogens with zero attached hydrogens (tertiary/aromatic N) is 1. The number of carbonyl (C=O) groups is 2. The number of ether oxygens (including phenoxy) is 1. The average molecular weight is 433 g/mol. The topological polar surface area (TPSA) is 88.5 Å². The number of aromatic carboxylic acids is 1. The quantitative estimate of drug-likeness (QED) is 0.572. The van der Waals surface area contributed by atoms with Gasteiger partial charge in [-0.05, 0) is 36.8 Å². The van der Waals surface area contributed by atoms with Crippen LogP contribution in [-0.4, -0.2) is 22.0 Å². The van der Waals surface area contributed by atoms with Gasteiger partial charge in [0.2, 0.25) is 5.88 Å². The molecule has 0 saturated heterocycles. The Morgan fingerprint density at radius 1 is 1.13 bits per heavy atom. The van der Waals surface area contributed by atoms with Gasteiger partial charge in [0.15, 0.2) is 11.6 Å². The van der Waals surface area contributed by atoms with Crippen molar-refractivity contribution in [3.63, 3.8) is 0 Å². The minimum absolute atomic E-state index is 0.0411. The summed E-state index contributed by atoms with van der Waals surface area (Å²) in [4.78, 5) is 28.2. The molecule has 3 aromatic rings. The molecule has 0 unspecified atom stereocenters. The second kappa shape index (κ2) is 8.87. The summed E-state index contributed by atoms with van der Waals surface area (Å²) in [5, 5.41) is 12.1. The molecule has 1 atom stereocenters. The van der Waals surface area contributed by atoms with Crippen LogP contribution in [0.25, 0.3) is 0 Å². The Hall–Kier alpha value is -3.52. The predicted molar refractivity (Wildman–Crippen MR) is 105 cm³/mol. The number of carbonyl (C=O) groups excluding carboxylic acids is 1. The average Bonchev–Trinajstić information content (AvgIpc) is 2.71. The number of benzene rings is 2. The third-order valence-corrected chi connectivity index (χ3v) is 4.37. The SMILES string of the molecule is C[C@H](NC(=O)c1cc(Cl)cnc1Oc1ccc(F)cc1F)c1ccccc1C(=O)O. The summed E-state index contributed by atoms with van der Waals surface area (Å²) >= 11 is 5.94. The molecule has 0 radical (unpaired) electrons. The van der Waals surface area contributed by atoms with Gasteiger partial charge in [0.05, 0.1) is 16.6 Å². The van der Waals surface area contributed by atoms with Crippen LogP contribution in [0.15, 0.2) is 54.7 Å². The number of carboxylic acids is 1. The molecule has 154 valence electrons. The van der Waals surface area contributed by atoms with Crippen LogP contribution in [0, 0.1) is 11.6 Å². The lowest BCUT2D eigenvalue weighted by molar-refractivity contribution is 0.0693. The van der Waals surface area contributed by atoms with Gasteiger partial charge in [0, 0.05) is 12.3 Å². The summed E-state index contributed by atoms with van der Waals surface area (Å²) in [6.07, 6.45) is 1.21. The number of pyridine rings is 1. The summed E-state index contributed by atoms with van der Waals surface area (Å²) in [5.41, 5.74) is 0.325. The highest BCUT2D eigenvalue weighted by atomic mass is 35.5. The summed E-state index contributed by atoms with van der Waals surface area (Å²) in [5.74, 6) is -4.14. The van der Waals surface area contributed by atoms with Gasteiger partial charge in [-0.25, -0.2) is 18.6 Å². The van der Waals surface area contributed by atoms with E-state index in [9.17, 15) is 23.5 Å². The molecule has 3 rings (SSSR count). The van der Waals surface area contributed by atoms with E-state index >= 15 is 0 Å². The molecular weight excluding hydrogens is 418 g/mol. The van der Waals surface area contributed by atoms with E-state index in [0.717, 1.165) is 12.1 Å². The highest BCUT2D eigenvalue weighted by Gasteiger charge is 2.21. The fraction of sp³-hybridized carbons (Fsp3) is 0.0952. The normalized spacial score (nSPS) is 11.6. The molecule has 0 aliphatic carbocycles. The molecular formula is C21H15ClF2N2O4. The van der Waals surface area contributed by atoms with Crippen molar-refractivity contribution in [3.05, 3.63) is 88.1 Å². The molecule has 9 heteroatoms. The van der Waals surface area contributed by atoms with E-state index in [1.165, 1.54) is 18.3 Å². The number of hydrogen-bond acceptors (Lipinski definition) is 4. The third kappa shape index (κ3) is 4.72. The zero-order chi connectivity index (χ0) is 21.8. The van der Waals surface area contributed by atoms with Gasteiger partial charge in [-0.2, -0.15) is 0 Å². The van der Waals surface area contributed by atoms with Crippen LogP contribution in [0.1, 0.15) is 39.2 Å². The summed E-state index contributed by atoms with van der Waals surface area (Å²) < 4.78 is 32.4. The number of hydrogen-bond donors (Lipinski definition) is 2. The Morgan fingerprint density at radius 3 is 2.57 bits per heavy atom. The number of aromatic nitrogens is 1. The first kappa shape index (κ1) is 21.2. The number of rotatable bonds is 6. The van der Waals surface area contributed by atoms with Crippen LogP contribution in [0.2, 0.25) is 5.02 Å². The Bertz CT molecular complexity index is 1120. The Balaban J connectivity index is 1.89. The van der Waals surface area contributed by atoms with Crippen LogP contribution in [-0.2, 0) is 0 Å². The minimum atomic E-state index is -1.13. The lowest BCUT2D eigenvalue weighted by atomic mass is 10.0. The second-order valence-corrected chi connectivity index (χ2v) is 6.71. The predicted octanol–water partition coefficient (Wildman–Crippen LogP) is 4.99. The molecule has 30 heavy (non-hydrogen) atoms. The molecule has 1 aromatic heterocycles. The number of halogens is 3. The summed E-state index contributed by atoms with van der Waals surface area (Å²) in [7, 11) is 0. The lowest BCUT2D eigenvalue weighted by Crippen LogP contribution is -2.28. The van der Waals surface area contributed by atoms with Gasteiger partial charge in [0.1, 0.15) is 11.4 Å². The van der Waals surface area contributed by atoms with Crippen molar-refractivity contribution in [2.24, 2.45) is 0 Å². The fourth-order valence-corrected chi connectivity index (χ4v) is 2.91. The summed E-state index contributed by atoms with van der Waals surface area (Å²) in [6.45, 7) is 1.61. The van der Waals surface area contributed by atoms with Gasteiger partial charge in [-0.1, -0.05) is 29.8 Å². The van der Waals surface area contributed by atoms with E-state index in [0.29, 0.717) is 11.6 Å². The number of carboxylic acid groups (broad SMARTS) is 1. The zero-order valence-corrected chi connectivity index (χ0v) is 16.3. The maximum atomic E-state index is 13.9. The Morgan fingerprint density at radius 2 is 1.87 bits per heavy atom. The Kier molecular flexibility index (Phi) is 6.27. The fourth-order valence-electron chi connectivity index (χ4n) is 2.75. The van der Waals surface area contributed by atoms with E-state index in [1.54, 1.807) is 25.1 Å². The Labute approximate surface area is 175 Å². The maximum Gasteiger partial charge on any atom is 0.336 e. The van der Waals surface area contributed by atoms with Crippen molar-refractivity contribution < 1.29 is 28.2 Å². The van der Waals surface area contributed by atoms with Crippen LogP contribution in [0.4, 0.5) is 8.78 Å². The van der Waals surface area contributed by atoms with Gasteiger partial charge in [-0.3, -0.25) is 4.79 Å². The number of amides is 1. The molecule has 0 saturated carbocycles. The monoisotopic (exact) mass is 432 g/mol.